The molecular formula is C12H23N. The lowest BCUT2D eigenvalue weighted by atomic mass is 9.87. The summed E-state index contributed by atoms with van der Waals surface area (Å²) in [6.07, 6.45) is 4.93. The maximum absolute atomic E-state index is 3.42. The molecule has 1 fully saturated rings. The summed E-state index contributed by atoms with van der Waals surface area (Å²) in [4.78, 5) is 0. The Balaban J connectivity index is 2.49. The van der Waals surface area contributed by atoms with Gasteiger partial charge in [0.05, 0.1) is 0 Å². The van der Waals surface area contributed by atoms with Gasteiger partial charge in [-0.05, 0) is 30.7 Å². The van der Waals surface area contributed by atoms with Crippen molar-refractivity contribution in [1.29, 1.82) is 0 Å². The third-order valence-corrected chi connectivity index (χ3v) is 2.65. The fraction of sp³-hybridized carbons (Fsp3) is 0.833. The summed E-state index contributed by atoms with van der Waals surface area (Å²) >= 11 is 0. The van der Waals surface area contributed by atoms with E-state index in [0.717, 1.165) is 12.5 Å². The third kappa shape index (κ3) is 3.95. The zero-order chi connectivity index (χ0) is 9.90. The predicted molar refractivity (Wildman–Crippen MR) is 58.8 cm³/mol. The van der Waals surface area contributed by atoms with E-state index in [9.17, 15) is 0 Å². The highest BCUT2D eigenvalue weighted by molar-refractivity contribution is 5.10. The second kappa shape index (κ2) is 4.28. The Morgan fingerprint density at radius 2 is 2.15 bits per heavy atom. The normalized spacial score (nSPS) is 28.0. The Kier molecular flexibility index (Phi) is 3.55. The Morgan fingerprint density at radius 1 is 1.46 bits per heavy atom. The molecule has 76 valence electrons. The SMILES string of the molecule is CC1CNCC/C1=C/CC(C)(C)C. The first-order valence-electron chi connectivity index (χ1n) is 5.39. The minimum atomic E-state index is 0.442. The molecule has 0 aliphatic carbocycles. The lowest BCUT2D eigenvalue weighted by molar-refractivity contribution is 0.413. The Bertz CT molecular complexity index is 186. The summed E-state index contributed by atoms with van der Waals surface area (Å²) in [6.45, 7) is 11.6. The van der Waals surface area contributed by atoms with Crippen LogP contribution in [0.1, 0.15) is 40.5 Å². The van der Waals surface area contributed by atoms with Crippen LogP contribution in [0.25, 0.3) is 0 Å². The van der Waals surface area contributed by atoms with Gasteiger partial charge in [-0.15, -0.1) is 0 Å². The number of hydrogen-bond donors (Lipinski definition) is 1. The van der Waals surface area contributed by atoms with Gasteiger partial charge in [0.1, 0.15) is 0 Å². The van der Waals surface area contributed by atoms with E-state index in [2.05, 4.69) is 39.1 Å². The number of nitrogens with one attached hydrogen (secondary N) is 1. The molecule has 1 saturated heterocycles. The second-order valence-corrected chi connectivity index (χ2v) is 5.40. The summed E-state index contributed by atoms with van der Waals surface area (Å²) in [5.74, 6) is 0.746. The topological polar surface area (TPSA) is 12.0 Å². The highest BCUT2D eigenvalue weighted by Gasteiger charge is 2.15. The monoisotopic (exact) mass is 181 g/mol. The molecule has 1 unspecified atom stereocenters. The van der Waals surface area contributed by atoms with Crippen molar-refractivity contribution in [2.75, 3.05) is 13.1 Å². The summed E-state index contributed by atoms with van der Waals surface area (Å²) in [7, 11) is 0. The number of allylic oxidation sites excluding steroid dienone is 1. The fourth-order valence-corrected chi connectivity index (χ4v) is 1.67. The molecule has 0 spiro atoms. The Morgan fingerprint density at radius 3 is 2.69 bits per heavy atom. The zero-order valence-electron chi connectivity index (χ0n) is 9.48. The first-order chi connectivity index (χ1) is 5.99. The van der Waals surface area contributed by atoms with Crippen LogP contribution < -0.4 is 5.32 Å². The molecule has 0 aromatic carbocycles. The van der Waals surface area contributed by atoms with Crippen LogP contribution in [-0.4, -0.2) is 13.1 Å². The molecule has 13 heavy (non-hydrogen) atoms. The standard InChI is InChI=1S/C12H23N/c1-10-9-13-8-6-11(10)5-7-12(2,3)4/h5,10,13H,6-9H2,1-4H3/b11-5-. The van der Waals surface area contributed by atoms with Gasteiger partial charge in [0.2, 0.25) is 0 Å². The van der Waals surface area contributed by atoms with Crippen molar-refractivity contribution in [3.05, 3.63) is 11.6 Å². The van der Waals surface area contributed by atoms with Gasteiger partial charge in [0.15, 0.2) is 0 Å². The molecule has 0 amide bonds. The maximum Gasteiger partial charge on any atom is 0.00143 e. The number of rotatable bonds is 1. The number of hydrogen-bond acceptors (Lipinski definition) is 1. The van der Waals surface area contributed by atoms with Gasteiger partial charge in [0, 0.05) is 6.54 Å². The average molecular weight is 181 g/mol. The minimum absolute atomic E-state index is 0.442. The van der Waals surface area contributed by atoms with Crippen LogP contribution in [0.5, 0.6) is 0 Å². The van der Waals surface area contributed by atoms with Gasteiger partial charge in [-0.1, -0.05) is 39.3 Å². The molecule has 1 aliphatic heterocycles. The molecular weight excluding hydrogens is 158 g/mol. The average Bonchev–Trinajstić information content (AvgIpc) is 2.01. The van der Waals surface area contributed by atoms with E-state index in [-0.39, 0.29) is 0 Å². The molecule has 1 heteroatoms. The van der Waals surface area contributed by atoms with Crippen LogP contribution in [0.4, 0.5) is 0 Å². The molecule has 1 N–H and O–H groups in total. The van der Waals surface area contributed by atoms with E-state index in [1.807, 2.05) is 0 Å². The molecule has 1 rings (SSSR count). The van der Waals surface area contributed by atoms with Crippen LogP contribution in [0.15, 0.2) is 11.6 Å². The molecule has 0 bridgehead atoms. The van der Waals surface area contributed by atoms with Crippen molar-refractivity contribution >= 4 is 0 Å². The first-order valence-corrected chi connectivity index (χ1v) is 5.39. The van der Waals surface area contributed by atoms with Crippen molar-refractivity contribution in [3.8, 4) is 0 Å². The molecule has 0 aromatic rings. The zero-order valence-corrected chi connectivity index (χ0v) is 9.48. The molecule has 1 aliphatic rings. The van der Waals surface area contributed by atoms with Crippen LogP contribution >= 0.6 is 0 Å². The molecule has 1 nitrogen and oxygen atoms in total. The molecule has 0 radical (unpaired) electrons. The van der Waals surface area contributed by atoms with Crippen molar-refractivity contribution in [2.24, 2.45) is 11.3 Å². The summed E-state index contributed by atoms with van der Waals surface area (Å²) in [6, 6.07) is 0. The van der Waals surface area contributed by atoms with E-state index >= 15 is 0 Å². The molecule has 0 saturated carbocycles. The van der Waals surface area contributed by atoms with E-state index in [1.54, 1.807) is 5.57 Å². The van der Waals surface area contributed by atoms with Gasteiger partial charge in [-0.2, -0.15) is 0 Å². The van der Waals surface area contributed by atoms with Crippen LogP contribution in [0.3, 0.4) is 0 Å². The highest BCUT2D eigenvalue weighted by atomic mass is 14.9. The number of piperidine rings is 1. The smallest absolute Gasteiger partial charge is 0.00143 e. The van der Waals surface area contributed by atoms with E-state index in [4.69, 9.17) is 0 Å². The Labute approximate surface area is 82.6 Å². The predicted octanol–water partition coefficient (Wildman–Crippen LogP) is 2.98. The third-order valence-electron chi connectivity index (χ3n) is 2.65. The quantitative estimate of drug-likeness (QED) is 0.613. The molecule has 1 heterocycles. The Hall–Kier alpha value is -0.300. The van der Waals surface area contributed by atoms with Gasteiger partial charge in [-0.3, -0.25) is 0 Å². The van der Waals surface area contributed by atoms with Gasteiger partial charge >= 0.3 is 0 Å². The summed E-state index contributed by atoms with van der Waals surface area (Å²) < 4.78 is 0. The van der Waals surface area contributed by atoms with Gasteiger partial charge < -0.3 is 5.32 Å². The van der Waals surface area contributed by atoms with E-state index < -0.39 is 0 Å². The van der Waals surface area contributed by atoms with Crippen molar-refractivity contribution in [3.63, 3.8) is 0 Å². The fourth-order valence-electron chi connectivity index (χ4n) is 1.67. The van der Waals surface area contributed by atoms with E-state index in [0.29, 0.717) is 5.41 Å². The summed E-state index contributed by atoms with van der Waals surface area (Å²) in [5.41, 5.74) is 2.10. The van der Waals surface area contributed by atoms with E-state index in [1.165, 1.54) is 19.4 Å². The van der Waals surface area contributed by atoms with Crippen molar-refractivity contribution < 1.29 is 0 Å². The van der Waals surface area contributed by atoms with Crippen molar-refractivity contribution in [2.45, 2.75) is 40.5 Å². The van der Waals surface area contributed by atoms with Crippen LogP contribution in [-0.2, 0) is 0 Å². The van der Waals surface area contributed by atoms with Crippen LogP contribution in [0.2, 0.25) is 0 Å². The largest absolute Gasteiger partial charge is 0.316 e. The minimum Gasteiger partial charge on any atom is -0.316 e. The van der Waals surface area contributed by atoms with Gasteiger partial charge in [-0.25, -0.2) is 0 Å². The maximum atomic E-state index is 3.42. The highest BCUT2D eigenvalue weighted by Crippen LogP contribution is 2.24. The van der Waals surface area contributed by atoms with Crippen LogP contribution in [0, 0.1) is 11.3 Å². The molecule has 1 atom stereocenters. The lowest BCUT2D eigenvalue weighted by Crippen LogP contribution is -2.30. The second-order valence-electron chi connectivity index (χ2n) is 5.40. The van der Waals surface area contributed by atoms with Gasteiger partial charge in [0.25, 0.3) is 0 Å². The molecule has 0 aromatic heterocycles. The lowest BCUT2D eigenvalue weighted by Gasteiger charge is -2.24. The first kappa shape index (κ1) is 10.8. The summed E-state index contributed by atoms with van der Waals surface area (Å²) in [5, 5.41) is 3.42. The van der Waals surface area contributed by atoms with Crippen molar-refractivity contribution in [1.82, 2.24) is 5.32 Å².